The Morgan fingerprint density at radius 3 is 2.07 bits per heavy atom. The number of para-hydroxylation sites is 1. The van der Waals surface area contributed by atoms with Crippen molar-refractivity contribution in [2.45, 2.75) is 6.92 Å². The van der Waals surface area contributed by atoms with E-state index in [1.165, 1.54) is 5.56 Å². The fraction of sp³-hybridized carbons (Fsp3) is 0.0400. The number of rotatable bonds is 4. The molecular weight excluding hydrogens is 330 g/mol. The van der Waals surface area contributed by atoms with Crippen molar-refractivity contribution in [3.05, 3.63) is 103 Å². The Bertz CT molecular complexity index is 1050. The largest absolute Gasteiger partial charge is 0.507 e. The minimum atomic E-state index is 0.284. The Morgan fingerprint density at radius 2 is 1.33 bits per heavy atom. The highest BCUT2D eigenvalue weighted by Gasteiger charge is 2.10. The van der Waals surface area contributed by atoms with Crippen molar-refractivity contribution in [3.63, 3.8) is 0 Å². The fourth-order valence-electron chi connectivity index (χ4n) is 3.19. The van der Waals surface area contributed by atoms with E-state index in [2.05, 4.69) is 66.8 Å². The minimum absolute atomic E-state index is 0.284. The van der Waals surface area contributed by atoms with Crippen molar-refractivity contribution in [2.24, 2.45) is 0 Å². The molecule has 0 bridgehead atoms. The zero-order chi connectivity index (χ0) is 18.6. The van der Waals surface area contributed by atoms with Crippen LogP contribution in [0.3, 0.4) is 0 Å². The predicted octanol–water partition coefficient (Wildman–Crippen LogP) is 6.78. The highest BCUT2D eigenvalue weighted by atomic mass is 16.3. The molecule has 0 amide bonds. The zero-order valence-corrected chi connectivity index (χ0v) is 15.2. The van der Waals surface area contributed by atoms with E-state index >= 15 is 0 Å². The molecule has 0 atom stereocenters. The molecule has 4 aromatic carbocycles. The Labute approximate surface area is 159 Å². The summed E-state index contributed by atoms with van der Waals surface area (Å²) in [6, 6.07) is 32.3. The number of aromatic hydroxyl groups is 1. The molecule has 0 fully saturated rings. The van der Waals surface area contributed by atoms with Gasteiger partial charge < -0.3 is 10.4 Å². The van der Waals surface area contributed by atoms with Crippen molar-refractivity contribution in [3.8, 4) is 28.0 Å². The van der Waals surface area contributed by atoms with Crippen molar-refractivity contribution >= 4 is 11.4 Å². The normalized spacial score (nSPS) is 10.6. The number of phenolic OH excluding ortho intramolecular Hbond substituents is 1. The van der Waals surface area contributed by atoms with Crippen LogP contribution < -0.4 is 5.32 Å². The van der Waals surface area contributed by atoms with Gasteiger partial charge in [-0.1, -0.05) is 78.4 Å². The van der Waals surface area contributed by atoms with E-state index in [1.54, 1.807) is 6.07 Å². The van der Waals surface area contributed by atoms with Gasteiger partial charge in [-0.25, -0.2) is 0 Å². The van der Waals surface area contributed by atoms with Crippen LogP contribution in [0.1, 0.15) is 5.56 Å². The van der Waals surface area contributed by atoms with Gasteiger partial charge >= 0.3 is 0 Å². The summed E-state index contributed by atoms with van der Waals surface area (Å²) in [5, 5.41) is 13.8. The lowest BCUT2D eigenvalue weighted by Crippen LogP contribution is -1.94. The Hall–Kier alpha value is -3.52. The van der Waals surface area contributed by atoms with Gasteiger partial charge in [0.25, 0.3) is 0 Å². The molecule has 0 unspecified atom stereocenters. The van der Waals surface area contributed by atoms with Crippen LogP contribution >= 0.6 is 0 Å². The van der Waals surface area contributed by atoms with Crippen molar-refractivity contribution in [1.82, 2.24) is 0 Å². The van der Waals surface area contributed by atoms with Crippen LogP contribution in [0.5, 0.6) is 5.75 Å². The fourth-order valence-corrected chi connectivity index (χ4v) is 3.19. The molecular formula is C25H21NO. The number of nitrogens with one attached hydrogen (secondary N) is 1. The summed E-state index contributed by atoms with van der Waals surface area (Å²) in [5.74, 6) is 0.284. The van der Waals surface area contributed by atoms with Crippen LogP contribution in [0.2, 0.25) is 0 Å². The maximum atomic E-state index is 10.2. The third kappa shape index (κ3) is 3.70. The van der Waals surface area contributed by atoms with Gasteiger partial charge in [0, 0.05) is 22.5 Å². The lowest BCUT2D eigenvalue weighted by molar-refractivity contribution is 0.477. The quantitative estimate of drug-likeness (QED) is 0.425. The van der Waals surface area contributed by atoms with Gasteiger partial charge in [-0.15, -0.1) is 0 Å². The number of phenols is 1. The average molecular weight is 351 g/mol. The SMILES string of the molecule is Cc1ccc(Nc2cc(-c3ccccc3O)ccc2-c2ccccc2)cc1. The molecule has 0 radical (unpaired) electrons. The molecule has 0 aromatic heterocycles. The Kier molecular flexibility index (Phi) is 4.63. The molecule has 0 aliphatic rings. The molecule has 132 valence electrons. The van der Waals surface area contributed by atoms with Crippen LogP contribution in [0.15, 0.2) is 97.1 Å². The summed E-state index contributed by atoms with van der Waals surface area (Å²) in [6.45, 7) is 2.08. The first-order chi connectivity index (χ1) is 13.2. The summed E-state index contributed by atoms with van der Waals surface area (Å²) in [5.41, 5.74) is 7.34. The zero-order valence-electron chi connectivity index (χ0n) is 15.2. The highest BCUT2D eigenvalue weighted by molar-refractivity contribution is 5.86. The van der Waals surface area contributed by atoms with Crippen molar-refractivity contribution < 1.29 is 5.11 Å². The van der Waals surface area contributed by atoms with Gasteiger partial charge in [-0.2, -0.15) is 0 Å². The summed E-state index contributed by atoms with van der Waals surface area (Å²) < 4.78 is 0. The number of anilines is 2. The molecule has 4 rings (SSSR count). The molecule has 0 aliphatic carbocycles. The van der Waals surface area contributed by atoms with Crippen LogP contribution in [0, 0.1) is 6.92 Å². The van der Waals surface area contributed by atoms with Crippen LogP contribution in [0.25, 0.3) is 22.3 Å². The second kappa shape index (κ2) is 7.38. The van der Waals surface area contributed by atoms with Gasteiger partial charge in [-0.05, 0) is 42.3 Å². The van der Waals surface area contributed by atoms with Gasteiger partial charge in [0.05, 0.1) is 0 Å². The number of hydrogen-bond acceptors (Lipinski definition) is 2. The molecule has 0 aliphatic heterocycles. The summed E-state index contributed by atoms with van der Waals surface area (Å²) >= 11 is 0. The van der Waals surface area contributed by atoms with Gasteiger partial charge in [-0.3, -0.25) is 0 Å². The van der Waals surface area contributed by atoms with Gasteiger partial charge in [0.1, 0.15) is 5.75 Å². The van der Waals surface area contributed by atoms with Crippen LogP contribution in [-0.4, -0.2) is 5.11 Å². The van der Waals surface area contributed by atoms with Crippen molar-refractivity contribution in [1.29, 1.82) is 0 Å². The second-order valence-corrected chi connectivity index (χ2v) is 6.63. The smallest absolute Gasteiger partial charge is 0.123 e. The maximum Gasteiger partial charge on any atom is 0.123 e. The van der Waals surface area contributed by atoms with Gasteiger partial charge in [0.15, 0.2) is 0 Å². The molecule has 2 N–H and O–H groups in total. The lowest BCUT2D eigenvalue weighted by Gasteiger charge is -2.15. The predicted molar refractivity (Wildman–Crippen MR) is 113 cm³/mol. The van der Waals surface area contributed by atoms with E-state index in [0.29, 0.717) is 0 Å². The number of benzene rings is 4. The minimum Gasteiger partial charge on any atom is -0.507 e. The maximum absolute atomic E-state index is 10.2. The standard InChI is InChI=1S/C25H21NO/c1-18-11-14-21(15-12-18)26-24-17-20(23-9-5-6-10-25(23)27)13-16-22(24)19-7-3-2-4-8-19/h2-17,26-27H,1H3. The molecule has 2 heteroatoms. The number of aryl methyl sites for hydroxylation is 1. The van der Waals surface area contributed by atoms with Crippen molar-refractivity contribution in [2.75, 3.05) is 5.32 Å². The number of hydrogen-bond donors (Lipinski definition) is 2. The lowest BCUT2D eigenvalue weighted by atomic mass is 9.97. The van der Waals surface area contributed by atoms with E-state index in [9.17, 15) is 5.11 Å². The third-order valence-electron chi connectivity index (χ3n) is 4.65. The molecule has 0 saturated carbocycles. The van der Waals surface area contributed by atoms with Gasteiger partial charge in [0.2, 0.25) is 0 Å². The average Bonchev–Trinajstić information content (AvgIpc) is 2.71. The van der Waals surface area contributed by atoms with E-state index < -0.39 is 0 Å². The first kappa shape index (κ1) is 16.9. The summed E-state index contributed by atoms with van der Waals surface area (Å²) in [7, 11) is 0. The summed E-state index contributed by atoms with van der Waals surface area (Å²) in [4.78, 5) is 0. The molecule has 4 aromatic rings. The van der Waals surface area contributed by atoms with E-state index in [1.807, 2.05) is 36.4 Å². The van der Waals surface area contributed by atoms with E-state index in [-0.39, 0.29) is 5.75 Å². The molecule has 27 heavy (non-hydrogen) atoms. The highest BCUT2D eigenvalue weighted by Crippen LogP contribution is 2.36. The molecule has 0 saturated heterocycles. The monoisotopic (exact) mass is 351 g/mol. The topological polar surface area (TPSA) is 32.3 Å². The molecule has 0 heterocycles. The molecule has 2 nitrogen and oxygen atoms in total. The third-order valence-corrected chi connectivity index (χ3v) is 4.65. The first-order valence-corrected chi connectivity index (χ1v) is 9.02. The first-order valence-electron chi connectivity index (χ1n) is 9.02. The summed E-state index contributed by atoms with van der Waals surface area (Å²) in [6.07, 6.45) is 0. The van der Waals surface area contributed by atoms with E-state index in [4.69, 9.17) is 0 Å². The Balaban J connectivity index is 1.82. The van der Waals surface area contributed by atoms with Crippen LogP contribution in [-0.2, 0) is 0 Å². The Morgan fingerprint density at radius 1 is 0.630 bits per heavy atom. The second-order valence-electron chi connectivity index (χ2n) is 6.63. The van der Waals surface area contributed by atoms with E-state index in [0.717, 1.165) is 33.6 Å². The molecule has 0 spiro atoms. The van der Waals surface area contributed by atoms with Crippen LogP contribution in [0.4, 0.5) is 11.4 Å².